The second kappa shape index (κ2) is 16.9. The number of hydrogen-bond donors (Lipinski definition) is 2. The maximum absolute atomic E-state index is 14.6. The van der Waals surface area contributed by atoms with Gasteiger partial charge in [0.15, 0.2) is 22.9 Å². The van der Waals surface area contributed by atoms with Crippen LogP contribution in [0, 0.1) is 11.6 Å². The minimum absolute atomic E-state index is 0.0826. The van der Waals surface area contributed by atoms with Gasteiger partial charge in [-0.05, 0) is 91.7 Å². The van der Waals surface area contributed by atoms with Gasteiger partial charge in [-0.25, -0.2) is 8.78 Å². The van der Waals surface area contributed by atoms with Crippen LogP contribution in [-0.2, 0) is 9.47 Å². The number of thiophene rings is 2. The number of aromatic nitrogens is 2. The van der Waals surface area contributed by atoms with Gasteiger partial charge in [0.1, 0.15) is 24.0 Å². The molecule has 2 amide bonds. The molecule has 6 aliphatic rings. The lowest BCUT2D eigenvalue weighted by molar-refractivity contribution is -0.0197. The van der Waals surface area contributed by atoms with E-state index in [0.29, 0.717) is 26.3 Å². The second-order valence-electron chi connectivity index (χ2n) is 18.1. The van der Waals surface area contributed by atoms with Gasteiger partial charge in [0.05, 0.1) is 38.5 Å². The fourth-order valence-corrected chi connectivity index (χ4v) is 13.2. The highest BCUT2D eigenvalue weighted by molar-refractivity contribution is 7.14. The number of carbonyl (C=O) groups is 2. The SMILES string of the molecule is O=C1c2c(O)c(=O)ccn2N([C@@H]2c3ccc(F)cc3-c3ccsc3-c3ccccc32)[C@H]2COCCN12.O=C1c2c(O)c(=O)ccn2N([C@H]2c3ccc(F)cc3-c3ccsc3-c3ccccc32)[C@@H]2COCCN12. The number of amides is 2. The van der Waals surface area contributed by atoms with Gasteiger partial charge >= 0.3 is 0 Å². The standard InChI is InChI=1S/2C27H20FN3O4S/c2*28-15-5-6-17-20(13-15)19-8-12-36-26(19)18-4-2-1-3-16(18)23(17)31-22-14-35-11-10-29(22)27(34)24-25(33)21(32)7-9-30(24)31/h2*1-9,12-13,22-23,33H,10-11,14H2/t2*22-,23-/m10/s1. The minimum Gasteiger partial charge on any atom is -0.502 e. The molecule has 18 heteroatoms. The average molecular weight is 1000 g/mol. The van der Waals surface area contributed by atoms with E-state index in [0.717, 1.165) is 65.4 Å². The fourth-order valence-electron chi connectivity index (χ4n) is 11.3. The molecule has 2 N–H and O–H groups in total. The maximum atomic E-state index is 14.6. The number of fused-ring (bicyclic) bond motifs is 14. The molecule has 4 atom stereocenters. The van der Waals surface area contributed by atoms with E-state index in [1.807, 2.05) is 81.4 Å². The molecule has 4 aliphatic heterocycles. The van der Waals surface area contributed by atoms with Crippen LogP contribution in [0.3, 0.4) is 0 Å². The molecule has 0 spiro atoms. The highest BCUT2D eigenvalue weighted by atomic mass is 32.1. The Morgan fingerprint density at radius 1 is 0.500 bits per heavy atom. The Hall–Kier alpha value is -7.90. The third-order valence-corrected chi connectivity index (χ3v) is 16.3. The summed E-state index contributed by atoms with van der Waals surface area (Å²) >= 11 is 3.19. The van der Waals surface area contributed by atoms with E-state index in [1.54, 1.807) is 66.1 Å². The van der Waals surface area contributed by atoms with Crippen molar-refractivity contribution in [2.45, 2.75) is 24.4 Å². The maximum Gasteiger partial charge on any atom is 0.278 e. The Bertz CT molecular complexity index is 3460. The Kier molecular flexibility index (Phi) is 10.3. The van der Waals surface area contributed by atoms with Crippen LogP contribution in [0.5, 0.6) is 11.5 Å². The normalized spacial score (nSPS) is 20.1. The zero-order valence-electron chi connectivity index (χ0n) is 37.9. The van der Waals surface area contributed by atoms with Crippen molar-refractivity contribution in [2.75, 3.05) is 49.5 Å². The number of nitrogens with zero attached hydrogens (tertiary/aromatic N) is 6. The minimum atomic E-state index is -0.618. The molecule has 2 saturated heterocycles. The van der Waals surface area contributed by atoms with Crippen molar-refractivity contribution < 1.29 is 38.1 Å². The van der Waals surface area contributed by atoms with E-state index in [2.05, 4.69) is 0 Å². The van der Waals surface area contributed by atoms with E-state index in [4.69, 9.17) is 9.47 Å². The van der Waals surface area contributed by atoms with Gasteiger partial charge in [0, 0.05) is 58.5 Å². The van der Waals surface area contributed by atoms with Gasteiger partial charge in [0.2, 0.25) is 10.9 Å². The Morgan fingerprint density at radius 3 is 1.36 bits per heavy atom. The van der Waals surface area contributed by atoms with Gasteiger partial charge < -0.3 is 29.5 Å². The summed E-state index contributed by atoms with van der Waals surface area (Å²) in [5, 5.41) is 29.4. The highest BCUT2D eigenvalue weighted by Gasteiger charge is 2.48. The molecule has 72 heavy (non-hydrogen) atoms. The van der Waals surface area contributed by atoms with E-state index >= 15 is 0 Å². The topological polar surface area (TPSA) is 150 Å². The first-order valence-corrected chi connectivity index (χ1v) is 25.0. The van der Waals surface area contributed by atoms with Crippen LogP contribution in [0.25, 0.3) is 43.1 Å². The molecule has 0 unspecified atom stereocenters. The number of benzene rings is 4. The lowest BCUT2D eigenvalue weighted by Gasteiger charge is -2.51. The van der Waals surface area contributed by atoms with Crippen molar-refractivity contribution in [3.05, 3.63) is 198 Å². The van der Waals surface area contributed by atoms with Crippen LogP contribution >= 0.6 is 22.7 Å². The van der Waals surface area contributed by atoms with Crippen LogP contribution < -0.4 is 20.9 Å². The predicted molar refractivity (Wildman–Crippen MR) is 266 cm³/mol. The van der Waals surface area contributed by atoms with Gasteiger partial charge in [-0.2, -0.15) is 0 Å². The molecule has 4 aromatic heterocycles. The number of pyridine rings is 2. The Labute approximate surface area is 416 Å². The summed E-state index contributed by atoms with van der Waals surface area (Å²) in [5.41, 5.74) is 7.67. The molecule has 8 aromatic rings. The average Bonchev–Trinajstić information content (AvgIpc) is 4.07. The molecule has 0 saturated carbocycles. The van der Waals surface area contributed by atoms with E-state index in [-0.39, 0.29) is 36.2 Å². The summed E-state index contributed by atoms with van der Waals surface area (Å²) < 4.78 is 44.0. The van der Waals surface area contributed by atoms with Crippen molar-refractivity contribution in [2.24, 2.45) is 0 Å². The van der Waals surface area contributed by atoms with Crippen LogP contribution in [-0.4, -0.2) is 93.0 Å². The number of rotatable bonds is 2. The molecule has 2 fully saturated rings. The quantitative estimate of drug-likeness (QED) is 0.175. The number of carbonyl (C=O) groups excluding carboxylic acids is 2. The first kappa shape index (κ1) is 44.1. The molecule has 360 valence electrons. The first-order valence-electron chi connectivity index (χ1n) is 23.3. The lowest BCUT2D eigenvalue weighted by Crippen LogP contribution is -2.66. The van der Waals surface area contributed by atoms with Crippen molar-refractivity contribution in [3.8, 4) is 54.6 Å². The molecule has 14 rings (SSSR count). The molecule has 14 nitrogen and oxygen atoms in total. The third-order valence-electron chi connectivity index (χ3n) is 14.4. The summed E-state index contributed by atoms with van der Waals surface area (Å²) in [6, 6.07) is 31.2. The molecular weight excluding hydrogens is 963 g/mol. The van der Waals surface area contributed by atoms with Crippen molar-refractivity contribution in [1.82, 2.24) is 19.2 Å². The van der Waals surface area contributed by atoms with E-state index in [9.17, 15) is 38.2 Å². The van der Waals surface area contributed by atoms with Crippen LogP contribution in [0.2, 0.25) is 0 Å². The summed E-state index contributed by atoms with van der Waals surface area (Å²) in [6.07, 6.45) is 2.03. The highest BCUT2D eigenvalue weighted by Crippen LogP contribution is 2.52. The molecule has 0 radical (unpaired) electrons. The zero-order chi connectivity index (χ0) is 49.1. The summed E-state index contributed by atoms with van der Waals surface area (Å²) in [7, 11) is 0. The van der Waals surface area contributed by atoms with Crippen molar-refractivity contribution in [3.63, 3.8) is 0 Å². The summed E-state index contributed by atoms with van der Waals surface area (Å²) in [6.45, 7) is 1.84. The van der Waals surface area contributed by atoms with Crippen LogP contribution in [0.4, 0.5) is 8.78 Å². The third kappa shape index (κ3) is 6.55. The van der Waals surface area contributed by atoms with Gasteiger partial charge in [0.25, 0.3) is 11.8 Å². The molecule has 0 bridgehead atoms. The smallest absolute Gasteiger partial charge is 0.278 e. The number of aromatic hydroxyl groups is 2. The summed E-state index contributed by atoms with van der Waals surface area (Å²) in [5.74, 6) is -2.69. The largest absolute Gasteiger partial charge is 0.502 e. The molecular formula is C54H40F2N6O8S2. The molecule has 8 heterocycles. The molecule has 2 aliphatic carbocycles. The number of halogens is 2. The monoisotopic (exact) mass is 1000 g/mol. The number of ether oxygens (including phenoxy) is 2. The van der Waals surface area contributed by atoms with Gasteiger partial charge in [-0.1, -0.05) is 60.7 Å². The molecule has 4 aromatic carbocycles. The van der Waals surface area contributed by atoms with Crippen LogP contribution in [0.15, 0.2) is 142 Å². The fraction of sp³-hybridized carbons (Fsp3) is 0.185. The lowest BCUT2D eigenvalue weighted by atomic mass is 9.92. The second-order valence-corrected chi connectivity index (χ2v) is 19.9. The van der Waals surface area contributed by atoms with E-state index in [1.165, 1.54) is 36.7 Å². The van der Waals surface area contributed by atoms with Gasteiger partial charge in [-0.15, -0.1) is 22.7 Å². The summed E-state index contributed by atoms with van der Waals surface area (Å²) in [4.78, 5) is 57.0. The van der Waals surface area contributed by atoms with E-state index < -0.39 is 58.6 Å². The first-order chi connectivity index (χ1) is 35.1. The van der Waals surface area contributed by atoms with Crippen molar-refractivity contribution in [1.29, 1.82) is 0 Å². The van der Waals surface area contributed by atoms with Gasteiger partial charge in [-0.3, -0.25) is 38.5 Å². The number of hydrogen-bond acceptors (Lipinski definition) is 12. The van der Waals surface area contributed by atoms with Crippen LogP contribution in [0.1, 0.15) is 55.3 Å². The predicted octanol–water partition coefficient (Wildman–Crippen LogP) is 7.88. The Balaban J connectivity index is 0.000000140. The zero-order valence-corrected chi connectivity index (χ0v) is 39.5. The Morgan fingerprint density at radius 2 is 0.917 bits per heavy atom. The van der Waals surface area contributed by atoms with Crippen molar-refractivity contribution >= 4 is 34.5 Å². The number of morpholine rings is 2.